The number of carboxylic acid groups (broad SMARTS) is 1. The Morgan fingerprint density at radius 3 is 1.69 bits per heavy atom. The molecule has 0 saturated heterocycles. The van der Waals surface area contributed by atoms with Crippen LogP contribution < -0.4 is 5.32 Å². The molecule has 0 spiro atoms. The maximum absolute atomic E-state index is 12.8. The first-order chi connectivity index (χ1) is 18.2. The number of esters is 2. The largest absolute Gasteiger partial charge is 0.480 e. The Morgan fingerprint density at radius 1 is 0.795 bits per heavy atom. The Balaban J connectivity index is 1.65. The van der Waals surface area contributed by atoms with Crippen LogP contribution in [-0.4, -0.2) is 53.0 Å². The van der Waals surface area contributed by atoms with E-state index in [9.17, 15) is 24.3 Å². The van der Waals surface area contributed by atoms with E-state index in [2.05, 4.69) is 5.32 Å². The third-order valence-electron chi connectivity index (χ3n) is 6.06. The first kappa shape index (κ1) is 29.7. The summed E-state index contributed by atoms with van der Waals surface area (Å²) in [5.74, 6) is -4.50. The zero-order chi connectivity index (χ0) is 29.0. The van der Waals surface area contributed by atoms with E-state index in [-0.39, 0.29) is 25.4 Å². The third kappa shape index (κ3) is 8.05. The summed E-state index contributed by atoms with van der Waals surface area (Å²) in [4.78, 5) is 50.1. The molecule has 2 aromatic carbocycles. The number of nitrogens with one attached hydrogen (secondary N) is 1. The number of hydrogen-bond donors (Lipinski definition) is 2. The van der Waals surface area contributed by atoms with Gasteiger partial charge in [0.2, 0.25) is 0 Å². The Kier molecular flexibility index (Phi) is 9.04. The fraction of sp³-hybridized carbons (Fsp3) is 0.467. The molecule has 3 rings (SSSR count). The second-order valence-electron chi connectivity index (χ2n) is 11.6. The molecule has 0 heterocycles. The molecule has 1 aliphatic rings. The molecule has 0 aliphatic heterocycles. The third-order valence-corrected chi connectivity index (χ3v) is 6.06. The topological polar surface area (TPSA) is 128 Å². The number of rotatable bonds is 9. The summed E-state index contributed by atoms with van der Waals surface area (Å²) >= 11 is 0. The molecule has 1 aliphatic carbocycles. The van der Waals surface area contributed by atoms with Crippen molar-refractivity contribution in [3.63, 3.8) is 0 Å². The van der Waals surface area contributed by atoms with Crippen LogP contribution in [-0.2, 0) is 28.6 Å². The Labute approximate surface area is 228 Å². The molecular formula is C30H37NO8. The van der Waals surface area contributed by atoms with Crippen molar-refractivity contribution in [1.29, 1.82) is 0 Å². The van der Waals surface area contributed by atoms with Gasteiger partial charge < -0.3 is 24.6 Å². The van der Waals surface area contributed by atoms with E-state index in [4.69, 9.17) is 14.2 Å². The number of benzene rings is 2. The minimum Gasteiger partial charge on any atom is -0.480 e. The van der Waals surface area contributed by atoms with Gasteiger partial charge in [-0.25, -0.2) is 9.59 Å². The predicted molar refractivity (Wildman–Crippen MR) is 144 cm³/mol. The summed E-state index contributed by atoms with van der Waals surface area (Å²) in [5, 5.41) is 12.1. The highest BCUT2D eigenvalue weighted by Crippen LogP contribution is 2.44. The summed E-state index contributed by atoms with van der Waals surface area (Å²) in [6.07, 6.45) is -1.33. The van der Waals surface area contributed by atoms with E-state index < -0.39 is 47.2 Å². The number of fused-ring (bicyclic) bond motifs is 3. The van der Waals surface area contributed by atoms with E-state index in [0.29, 0.717) is 0 Å². The zero-order valence-corrected chi connectivity index (χ0v) is 23.3. The van der Waals surface area contributed by atoms with Gasteiger partial charge in [0.15, 0.2) is 5.92 Å². The number of hydrogen-bond acceptors (Lipinski definition) is 7. The van der Waals surface area contributed by atoms with E-state index >= 15 is 0 Å². The molecule has 0 fully saturated rings. The summed E-state index contributed by atoms with van der Waals surface area (Å²) in [6.45, 7) is 9.99. The van der Waals surface area contributed by atoms with Gasteiger partial charge in [-0.3, -0.25) is 9.59 Å². The van der Waals surface area contributed by atoms with E-state index in [1.807, 2.05) is 48.5 Å². The van der Waals surface area contributed by atoms with E-state index in [0.717, 1.165) is 22.3 Å². The van der Waals surface area contributed by atoms with Gasteiger partial charge in [0.05, 0.1) is 0 Å². The monoisotopic (exact) mass is 539 g/mol. The summed E-state index contributed by atoms with van der Waals surface area (Å²) < 4.78 is 16.2. The van der Waals surface area contributed by atoms with Gasteiger partial charge in [-0.05, 0) is 76.6 Å². The van der Waals surface area contributed by atoms with Gasteiger partial charge in [0, 0.05) is 5.92 Å². The van der Waals surface area contributed by atoms with Crippen molar-refractivity contribution >= 4 is 24.0 Å². The average Bonchev–Trinajstić information content (AvgIpc) is 3.13. The normalized spacial score (nSPS) is 13.7. The second kappa shape index (κ2) is 11.9. The van der Waals surface area contributed by atoms with Crippen LogP contribution in [0.5, 0.6) is 0 Å². The number of amides is 1. The lowest BCUT2D eigenvalue weighted by molar-refractivity contribution is -0.175. The molecule has 0 radical (unpaired) electrons. The molecule has 0 aromatic heterocycles. The lowest BCUT2D eigenvalue weighted by atomic mass is 9.98. The zero-order valence-electron chi connectivity index (χ0n) is 23.3. The second-order valence-corrected chi connectivity index (χ2v) is 11.6. The molecule has 1 atom stereocenters. The average molecular weight is 540 g/mol. The summed E-state index contributed by atoms with van der Waals surface area (Å²) in [7, 11) is 0. The molecule has 0 bridgehead atoms. The number of carbonyl (C=O) groups excluding carboxylic acids is 3. The van der Waals surface area contributed by atoms with Gasteiger partial charge in [-0.1, -0.05) is 48.5 Å². The first-order valence-electron chi connectivity index (χ1n) is 13.0. The van der Waals surface area contributed by atoms with Crippen LogP contribution in [0.3, 0.4) is 0 Å². The Bertz CT molecular complexity index is 1150. The molecule has 0 unspecified atom stereocenters. The molecule has 2 aromatic rings. The number of ether oxygens (including phenoxy) is 3. The molecule has 210 valence electrons. The van der Waals surface area contributed by atoms with Crippen molar-refractivity contribution in [2.45, 2.75) is 77.5 Å². The van der Waals surface area contributed by atoms with E-state index in [1.54, 1.807) is 41.5 Å². The van der Waals surface area contributed by atoms with Crippen LogP contribution in [0.2, 0.25) is 0 Å². The maximum atomic E-state index is 12.8. The quantitative estimate of drug-likeness (QED) is 0.257. The minimum absolute atomic E-state index is 0.0185. The van der Waals surface area contributed by atoms with Crippen LogP contribution in [0.1, 0.15) is 71.4 Å². The highest BCUT2D eigenvalue weighted by atomic mass is 16.6. The fourth-order valence-corrected chi connectivity index (χ4v) is 4.45. The van der Waals surface area contributed by atoms with Crippen molar-refractivity contribution in [3.05, 3.63) is 59.7 Å². The van der Waals surface area contributed by atoms with E-state index in [1.165, 1.54) is 0 Å². The molecule has 0 saturated carbocycles. The maximum Gasteiger partial charge on any atom is 0.407 e. The van der Waals surface area contributed by atoms with Crippen LogP contribution in [0.15, 0.2) is 48.5 Å². The smallest absolute Gasteiger partial charge is 0.407 e. The molecule has 1 amide bonds. The lowest BCUT2D eigenvalue weighted by Gasteiger charge is -2.26. The van der Waals surface area contributed by atoms with Crippen LogP contribution in [0.4, 0.5) is 4.79 Å². The lowest BCUT2D eigenvalue weighted by Crippen LogP contribution is -2.43. The van der Waals surface area contributed by atoms with Crippen molar-refractivity contribution in [1.82, 2.24) is 5.32 Å². The highest BCUT2D eigenvalue weighted by molar-refractivity contribution is 5.95. The summed E-state index contributed by atoms with van der Waals surface area (Å²) in [5.41, 5.74) is 2.48. The molecule has 9 heteroatoms. The van der Waals surface area contributed by atoms with Crippen molar-refractivity contribution in [3.8, 4) is 11.1 Å². The van der Waals surface area contributed by atoms with Crippen LogP contribution in [0, 0.1) is 5.92 Å². The molecule has 39 heavy (non-hydrogen) atoms. The highest BCUT2D eigenvalue weighted by Gasteiger charge is 2.36. The number of alkyl carbamates (subject to hydrolysis) is 1. The van der Waals surface area contributed by atoms with Gasteiger partial charge in [0.25, 0.3) is 0 Å². The van der Waals surface area contributed by atoms with Gasteiger partial charge in [-0.15, -0.1) is 0 Å². The first-order valence-corrected chi connectivity index (χ1v) is 13.0. The predicted octanol–water partition coefficient (Wildman–Crippen LogP) is 5.06. The van der Waals surface area contributed by atoms with Crippen molar-refractivity contribution < 1.29 is 38.5 Å². The molecule has 9 nitrogen and oxygen atoms in total. The van der Waals surface area contributed by atoms with Crippen molar-refractivity contribution in [2.75, 3.05) is 6.61 Å². The van der Waals surface area contributed by atoms with Crippen LogP contribution >= 0.6 is 0 Å². The van der Waals surface area contributed by atoms with Gasteiger partial charge in [-0.2, -0.15) is 0 Å². The number of carboxylic acids is 1. The SMILES string of the molecule is CC(C)(C)OC(=O)C(CC[C@H](NC(=O)OCC1c2ccccc2-c2ccccc21)C(=O)O)C(=O)OC(C)(C)C. The molecular weight excluding hydrogens is 502 g/mol. The Hall–Kier alpha value is -3.88. The van der Waals surface area contributed by atoms with Gasteiger partial charge in [0.1, 0.15) is 23.9 Å². The molecule has 2 N–H and O–H groups in total. The Morgan fingerprint density at radius 2 is 1.26 bits per heavy atom. The van der Waals surface area contributed by atoms with Crippen LogP contribution in [0.25, 0.3) is 11.1 Å². The summed E-state index contributed by atoms with van der Waals surface area (Å²) in [6, 6.07) is 14.3. The number of carbonyl (C=O) groups is 4. The van der Waals surface area contributed by atoms with Crippen molar-refractivity contribution in [2.24, 2.45) is 5.92 Å². The standard InChI is InChI=1S/C30H37NO8/c1-29(2,3)38-26(34)22(27(35)39-30(4,5)6)15-16-24(25(32)33)31-28(36)37-17-23-20-13-9-7-11-18(20)19-12-8-10-14-21(19)23/h7-14,22-24H,15-17H2,1-6H3,(H,31,36)(H,32,33)/t24-/m0/s1. The fourth-order valence-electron chi connectivity index (χ4n) is 4.45. The number of aliphatic carboxylic acids is 1. The minimum atomic E-state index is -1.40. The van der Waals surface area contributed by atoms with Gasteiger partial charge >= 0.3 is 24.0 Å².